The molecule has 0 fully saturated rings. The summed E-state index contributed by atoms with van der Waals surface area (Å²) in [4.78, 5) is 0. The van der Waals surface area contributed by atoms with E-state index in [0.717, 1.165) is 38.5 Å². The zero-order chi connectivity index (χ0) is 35.8. The van der Waals surface area contributed by atoms with E-state index in [1.54, 1.807) is 0 Å². The number of hydrogen-bond donors (Lipinski definition) is 0. The predicted octanol–water partition coefficient (Wildman–Crippen LogP) is 15.2. The first kappa shape index (κ1) is 37.8. The van der Waals surface area contributed by atoms with E-state index < -0.39 is 21.3 Å². The van der Waals surface area contributed by atoms with Crippen molar-refractivity contribution in [3.05, 3.63) is 129 Å². The summed E-state index contributed by atoms with van der Waals surface area (Å²) >= 11 is -5.04. The third-order valence-corrected chi connectivity index (χ3v) is 85.2. The maximum atomic E-state index is 8.83. The molecule has 0 radical (unpaired) electrons. The van der Waals surface area contributed by atoms with Crippen LogP contribution in [0.15, 0.2) is 96.1 Å². The molecule has 0 nitrogen and oxygen atoms in total. The van der Waals surface area contributed by atoms with Crippen LogP contribution in [0, 0.1) is 0 Å². The van der Waals surface area contributed by atoms with Crippen molar-refractivity contribution >= 4 is 35.3 Å². The van der Waals surface area contributed by atoms with E-state index in [1.165, 1.54) is 66.8 Å². The van der Waals surface area contributed by atoms with Crippen molar-refractivity contribution in [3.8, 4) is 22.3 Å². The van der Waals surface area contributed by atoms with Gasteiger partial charge in [0.15, 0.2) is 0 Å². The third kappa shape index (κ3) is 6.27. The Morgan fingerprint density at radius 3 is 1.30 bits per heavy atom. The second-order valence-corrected chi connectivity index (χ2v) is 74.9. The fourth-order valence-electron chi connectivity index (χ4n) is 9.33. The summed E-state index contributed by atoms with van der Waals surface area (Å²) in [5.74, 6) is -0.659. The molecule has 0 aromatic heterocycles. The summed E-state index contributed by atoms with van der Waals surface area (Å²) in [6, 6.07) is 32.2. The van der Waals surface area contributed by atoms with Gasteiger partial charge in [-0.3, -0.25) is 0 Å². The molecule has 4 aromatic carbocycles. The van der Waals surface area contributed by atoms with Crippen LogP contribution in [0.3, 0.4) is 0 Å². The molecule has 0 spiro atoms. The van der Waals surface area contributed by atoms with Crippen LogP contribution in [-0.2, 0) is 15.3 Å². The number of allylic oxidation sites excluding steroid dienone is 2. The summed E-state index contributed by atoms with van der Waals surface area (Å²) in [6.45, 7) is 18.9. The maximum absolute atomic E-state index is 8.83. The Kier molecular flexibility index (Phi) is 11.5. The van der Waals surface area contributed by atoms with Gasteiger partial charge in [-0.05, 0) is 0 Å². The van der Waals surface area contributed by atoms with Crippen molar-refractivity contribution in [3.63, 3.8) is 0 Å². The molecule has 4 unspecified atom stereocenters. The summed E-state index contributed by atoms with van der Waals surface area (Å²) in [7, 11) is 17.7. The Morgan fingerprint density at radius 1 is 0.560 bits per heavy atom. The first-order chi connectivity index (χ1) is 24.0. The molecule has 4 aromatic rings. The average molecular weight is 887 g/mol. The van der Waals surface area contributed by atoms with Crippen molar-refractivity contribution < 1.29 is 15.3 Å². The topological polar surface area (TPSA) is 0 Å². The third-order valence-electron chi connectivity index (χ3n) is 12.4. The summed E-state index contributed by atoms with van der Waals surface area (Å²) in [5, 5.41) is 0. The quantitative estimate of drug-likeness (QED) is 0.117. The number of halogens is 2. The van der Waals surface area contributed by atoms with Crippen molar-refractivity contribution in [2.24, 2.45) is 0 Å². The van der Waals surface area contributed by atoms with Gasteiger partial charge in [0, 0.05) is 0 Å². The van der Waals surface area contributed by atoms with Gasteiger partial charge in [0.1, 0.15) is 0 Å². The molecule has 0 saturated carbocycles. The Morgan fingerprint density at radius 2 is 0.940 bits per heavy atom. The van der Waals surface area contributed by atoms with Gasteiger partial charge >= 0.3 is 315 Å². The van der Waals surface area contributed by atoms with Gasteiger partial charge in [-0.15, -0.1) is 0 Å². The minimum absolute atomic E-state index is 0.125. The van der Waals surface area contributed by atoms with Crippen LogP contribution >= 0.6 is 17.2 Å². The van der Waals surface area contributed by atoms with Gasteiger partial charge < -0.3 is 0 Å². The molecular weight excluding hydrogens is 830 g/mol. The number of hydrogen-bond acceptors (Lipinski definition) is 0. The molecule has 2 aliphatic rings. The molecular formula is C46H57Cl2HfSi. The molecule has 4 atom stereocenters. The predicted molar refractivity (Wildman–Crippen MR) is 223 cm³/mol. The van der Waals surface area contributed by atoms with Crippen LogP contribution in [0.25, 0.3) is 34.4 Å². The SMILES string of the molecule is CCCC1=Cc2c(-c3ccccc3C(C)CC)cccc2[CH]1[Hf]([Cl])([Cl])([CH]1C(CCC)=Cc2c(-c3ccccc3C(C)CC)cccc21)[SiH](C)C. The molecule has 0 bridgehead atoms. The van der Waals surface area contributed by atoms with Gasteiger partial charge in [-0.2, -0.15) is 0 Å². The van der Waals surface area contributed by atoms with E-state index >= 15 is 0 Å². The van der Waals surface area contributed by atoms with Crippen molar-refractivity contribution in [2.45, 2.75) is 112 Å². The Hall–Kier alpha value is -1.97. The van der Waals surface area contributed by atoms with Crippen LogP contribution in [0.2, 0.25) is 13.1 Å². The van der Waals surface area contributed by atoms with Crippen LogP contribution in [0.1, 0.15) is 133 Å². The molecule has 4 heteroatoms. The first-order valence-electron chi connectivity index (χ1n) is 19.4. The van der Waals surface area contributed by atoms with Gasteiger partial charge in [-0.1, -0.05) is 0 Å². The van der Waals surface area contributed by atoms with E-state index in [-0.39, 0.29) is 7.35 Å². The molecule has 0 aliphatic heterocycles. The van der Waals surface area contributed by atoms with Crippen LogP contribution in [0.5, 0.6) is 0 Å². The molecule has 50 heavy (non-hydrogen) atoms. The van der Waals surface area contributed by atoms with Crippen LogP contribution in [-0.4, -0.2) is 5.98 Å². The summed E-state index contributed by atoms with van der Waals surface area (Å²) in [6.07, 6.45) is 11.6. The molecule has 0 amide bonds. The Bertz CT molecular complexity index is 1800. The fraction of sp³-hybridized carbons (Fsp3) is 0.391. The van der Waals surface area contributed by atoms with E-state index in [0.29, 0.717) is 11.8 Å². The Labute approximate surface area is 312 Å². The van der Waals surface area contributed by atoms with Gasteiger partial charge in [0.2, 0.25) is 0 Å². The van der Waals surface area contributed by atoms with E-state index in [2.05, 4.69) is 152 Å². The van der Waals surface area contributed by atoms with E-state index in [1.807, 2.05) is 0 Å². The van der Waals surface area contributed by atoms with Crippen molar-refractivity contribution in [1.82, 2.24) is 0 Å². The monoisotopic (exact) mass is 887 g/mol. The molecule has 263 valence electrons. The van der Waals surface area contributed by atoms with Crippen molar-refractivity contribution in [2.75, 3.05) is 0 Å². The zero-order valence-corrected chi connectivity index (χ0v) is 37.9. The minimum atomic E-state index is -5.04. The number of fused-ring (bicyclic) bond motifs is 2. The molecule has 2 aliphatic carbocycles. The zero-order valence-electron chi connectivity index (χ0n) is 31.6. The summed E-state index contributed by atoms with van der Waals surface area (Å²) < 4.78 is 0.250. The average Bonchev–Trinajstić information content (AvgIpc) is 3.70. The normalized spacial score (nSPS) is 19.0. The van der Waals surface area contributed by atoms with Gasteiger partial charge in [0.25, 0.3) is 0 Å². The van der Waals surface area contributed by atoms with Crippen LogP contribution < -0.4 is 0 Å². The molecule has 0 heterocycles. The van der Waals surface area contributed by atoms with E-state index in [4.69, 9.17) is 17.2 Å². The number of rotatable bonds is 13. The Balaban J connectivity index is 1.60. The van der Waals surface area contributed by atoms with Crippen LogP contribution in [0.4, 0.5) is 0 Å². The molecule has 6 rings (SSSR count). The van der Waals surface area contributed by atoms with Crippen molar-refractivity contribution in [1.29, 1.82) is 0 Å². The van der Waals surface area contributed by atoms with Gasteiger partial charge in [0.05, 0.1) is 0 Å². The second kappa shape index (κ2) is 15.2. The fourth-order valence-corrected chi connectivity index (χ4v) is 53.9. The van der Waals surface area contributed by atoms with E-state index in [9.17, 15) is 0 Å². The second-order valence-electron chi connectivity index (χ2n) is 15.6. The molecule has 0 saturated heterocycles. The summed E-state index contributed by atoms with van der Waals surface area (Å²) in [5.41, 5.74) is 16.8. The molecule has 0 N–H and O–H groups in total. The number of benzene rings is 4. The van der Waals surface area contributed by atoms with Gasteiger partial charge in [-0.25, -0.2) is 0 Å². The first-order valence-corrected chi connectivity index (χ1v) is 41.6. The standard InChI is InChI=1S/2C22H25.C2H7Si.2ClH.Hf/c2*1-4-9-17-14-18-10-8-13-21(22(18)15-17)20-12-7-6-11-19(20)16(3)5-2;1-3-2;;;/h2*6-8,10-16H,4-5,9H2,1-3H3;3H,1-2H3;2*1H;/q;;;;;+2/p-2.